The number of benzene rings is 1. The Hall–Kier alpha value is -2.82. The molecule has 1 N–H and O–H groups in total. The fourth-order valence-electron chi connectivity index (χ4n) is 1.50. The maximum absolute atomic E-state index is 12.0. The summed E-state index contributed by atoms with van der Waals surface area (Å²) in [6, 6.07) is 6.79. The zero-order valence-corrected chi connectivity index (χ0v) is 12.0. The molecule has 5 nitrogen and oxygen atoms in total. The fraction of sp³-hybridized carbons (Fsp3) is 0.125. The van der Waals surface area contributed by atoms with E-state index in [0.29, 0.717) is 29.2 Å². The third-order valence-electron chi connectivity index (χ3n) is 2.52. The van der Waals surface area contributed by atoms with Crippen molar-refractivity contribution in [2.45, 2.75) is 6.92 Å². The molecule has 1 amide bonds. The van der Waals surface area contributed by atoms with Gasteiger partial charge in [-0.1, -0.05) is 18.7 Å². The average Bonchev–Trinajstić information content (AvgIpc) is 2.51. The predicted octanol–water partition coefficient (Wildman–Crippen LogP) is 2.57. The molecule has 0 radical (unpaired) electrons. The van der Waals surface area contributed by atoms with E-state index in [-0.39, 0.29) is 0 Å². The van der Waals surface area contributed by atoms with E-state index in [1.54, 1.807) is 43.3 Å². The molecule has 110 valence electrons. The lowest BCUT2D eigenvalue weighted by Gasteiger charge is -2.08. The van der Waals surface area contributed by atoms with Crippen LogP contribution in [0.1, 0.15) is 17.3 Å². The molecular formula is C16H17NO4. The Kier molecular flexibility index (Phi) is 6.47. The smallest absolute Gasteiger partial charge is 0.346 e. The Balaban J connectivity index is 2.82. The van der Waals surface area contributed by atoms with Gasteiger partial charge in [0.2, 0.25) is 6.41 Å². The van der Waals surface area contributed by atoms with E-state index in [9.17, 15) is 9.59 Å². The van der Waals surface area contributed by atoms with E-state index in [1.165, 1.54) is 13.2 Å². The van der Waals surface area contributed by atoms with Crippen LogP contribution in [0.15, 0.2) is 60.5 Å². The first-order valence-electron chi connectivity index (χ1n) is 6.18. The normalized spacial score (nSPS) is 11.5. The number of nitrogens with one attached hydrogen (secondary N) is 1. The first-order valence-corrected chi connectivity index (χ1v) is 6.18. The van der Waals surface area contributed by atoms with Gasteiger partial charge in [0, 0.05) is 5.70 Å². The van der Waals surface area contributed by atoms with Gasteiger partial charge in [0.1, 0.15) is 17.1 Å². The first kappa shape index (κ1) is 16.2. The van der Waals surface area contributed by atoms with Crippen molar-refractivity contribution in [3.05, 3.63) is 66.1 Å². The Morgan fingerprint density at radius 1 is 1.29 bits per heavy atom. The largest absolute Gasteiger partial charge is 0.496 e. The molecule has 0 aliphatic carbocycles. The standard InChI is InChI=1S/C16H17NO4/c1-4-13(17-11-18)10-9-12(2)21-16(19)14-7-5-6-8-15(14)20-3/h4-11H,1H2,2-3H3,(H,17,18)/b12-9+,13-10+. The zero-order chi connectivity index (χ0) is 15.7. The number of rotatable bonds is 7. The maximum atomic E-state index is 12.0. The highest BCUT2D eigenvalue weighted by Gasteiger charge is 2.13. The minimum Gasteiger partial charge on any atom is -0.496 e. The number of ether oxygens (including phenoxy) is 2. The maximum Gasteiger partial charge on any atom is 0.346 e. The summed E-state index contributed by atoms with van der Waals surface area (Å²) in [6.07, 6.45) is 5.14. The topological polar surface area (TPSA) is 64.6 Å². The minimum atomic E-state index is -0.516. The number of hydrogen-bond donors (Lipinski definition) is 1. The molecule has 0 saturated carbocycles. The summed E-state index contributed by atoms with van der Waals surface area (Å²) in [5, 5.41) is 2.45. The van der Waals surface area contributed by atoms with Crippen molar-refractivity contribution in [2.75, 3.05) is 7.11 Å². The second-order valence-electron chi connectivity index (χ2n) is 3.96. The van der Waals surface area contributed by atoms with Crippen molar-refractivity contribution in [3.8, 4) is 5.75 Å². The Morgan fingerprint density at radius 2 is 2.00 bits per heavy atom. The van der Waals surface area contributed by atoms with Crippen LogP contribution in [0.3, 0.4) is 0 Å². The highest BCUT2D eigenvalue weighted by atomic mass is 16.5. The van der Waals surface area contributed by atoms with Crippen molar-refractivity contribution < 1.29 is 19.1 Å². The van der Waals surface area contributed by atoms with Crippen LogP contribution in [-0.4, -0.2) is 19.5 Å². The molecule has 0 aliphatic heterocycles. The van der Waals surface area contributed by atoms with Crippen molar-refractivity contribution in [2.24, 2.45) is 0 Å². The molecule has 1 rings (SSSR count). The Labute approximate surface area is 123 Å². The average molecular weight is 287 g/mol. The molecular weight excluding hydrogens is 270 g/mol. The highest BCUT2D eigenvalue weighted by Crippen LogP contribution is 2.19. The van der Waals surface area contributed by atoms with Gasteiger partial charge in [-0.2, -0.15) is 0 Å². The monoisotopic (exact) mass is 287 g/mol. The summed E-state index contributed by atoms with van der Waals surface area (Å²) in [5.74, 6) is 0.302. The SMILES string of the molecule is C=C/C(=C\C=C(/C)OC(=O)c1ccccc1OC)NC=O. The van der Waals surface area contributed by atoms with Gasteiger partial charge in [-0.25, -0.2) is 4.79 Å². The zero-order valence-electron chi connectivity index (χ0n) is 12.0. The third kappa shape index (κ3) is 4.99. The number of hydrogen-bond acceptors (Lipinski definition) is 4. The quantitative estimate of drug-likeness (QED) is 0.362. The van der Waals surface area contributed by atoms with Crippen molar-refractivity contribution in [1.29, 1.82) is 0 Å². The molecule has 1 aromatic rings. The minimum absolute atomic E-state index is 0.340. The number of amides is 1. The molecule has 0 unspecified atom stereocenters. The molecule has 0 aromatic heterocycles. The van der Waals surface area contributed by atoms with Gasteiger partial charge in [-0.05, 0) is 37.3 Å². The summed E-state index contributed by atoms with van der Waals surface area (Å²) in [6.45, 7) is 5.18. The van der Waals surface area contributed by atoms with Crippen LogP contribution in [0.25, 0.3) is 0 Å². The summed E-state index contributed by atoms with van der Waals surface area (Å²) in [4.78, 5) is 22.4. The van der Waals surface area contributed by atoms with Gasteiger partial charge in [0.25, 0.3) is 0 Å². The molecule has 0 saturated heterocycles. The highest BCUT2D eigenvalue weighted by molar-refractivity contribution is 5.93. The molecule has 0 spiro atoms. The number of allylic oxidation sites excluding steroid dienone is 4. The molecule has 1 aromatic carbocycles. The number of para-hydroxylation sites is 1. The van der Waals surface area contributed by atoms with Crippen molar-refractivity contribution in [3.63, 3.8) is 0 Å². The van der Waals surface area contributed by atoms with Crippen LogP contribution in [0.2, 0.25) is 0 Å². The Morgan fingerprint density at radius 3 is 2.62 bits per heavy atom. The summed E-state index contributed by atoms with van der Waals surface area (Å²) in [7, 11) is 1.49. The van der Waals surface area contributed by atoms with Crippen LogP contribution in [-0.2, 0) is 9.53 Å². The summed E-state index contributed by atoms with van der Waals surface area (Å²) >= 11 is 0. The van der Waals surface area contributed by atoms with E-state index in [1.807, 2.05) is 0 Å². The molecule has 0 aliphatic rings. The van der Waals surface area contributed by atoms with Crippen LogP contribution in [0.5, 0.6) is 5.75 Å². The van der Waals surface area contributed by atoms with Gasteiger partial charge in [-0.3, -0.25) is 4.79 Å². The second kappa shape index (κ2) is 8.37. The van der Waals surface area contributed by atoms with Gasteiger partial charge in [0.05, 0.1) is 7.11 Å². The van der Waals surface area contributed by atoms with E-state index in [4.69, 9.17) is 9.47 Å². The lowest BCUT2D eigenvalue weighted by Crippen LogP contribution is -2.08. The summed E-state index contributed by atoms with van der Waals surface area (Å²) < 4.78 is 10.3. The van der Waals surface area contributed by atoms with Crippen LogP contribution in [0, 0.1) is 0 Å². The number of esters is 1. The number of carbonyl (C=O) groups excluding carboxylic acids is 2. The molecule has 0 atom stereocenters. The van der Waals surface area contributed by atoms with Gasteiger partial charge in [-0.15, -0.1) is 0 Å². The van der Waals surface area contributed by atoms with E-state index < -0.39 is 5.97 Å². The molecule has 5 heteroatoms. The Bertz CT molecular complexity index is 588. The lowest BCUT2D eigenvalue weighted by atomic mass is 10.2. The van der Waals surface area contributed by atoms with Crippen LogP contribution in [0.4, 0.5) is 0 Å². The molecule has 0 heterocycles. The van der Waals surface area contributed by atoms with Crippen molar-refractivity contribution in [1.82, 2.24) is 5.32 Å². The van der Waals surface area contributed by atoms with E-state index >= 15 is 0 Å². The first-order chi connectivity index (χ1) is 10.1. The number of methoxy groups -OCH3 is 1. The van der Waals surface area contributed by atoms with E-state index in [2.05, 4.69) is 11.9 Å². The molecule has 0 fully saturated rings. The molecule has 0 bridgehead atoms. The number of carbonyl (C=O) groups is 2. The molecule has 21 heavy (non-hydrogen) atoms. The van der Waals surface area contributed by atoms with Crippen LogP contribution < -0.4 is 10.1 Å². The van der Waals surface area contributed by atoms with Gasteiger partial charge in [0.15, 0.2) is 0 Å². The lowest BCUT2D eigenvalue weighted by molar-refractivity contribution is -0.108. The van der Waals surface area contributed by atoms with Gasteiger partial charge < -0.3 is 14.8 Å². The summed E-state index contributed by atoms with van der Waals surface area (Å²) in [5.41, 5.74) is 0.837. The van der Waals surface area contributed by atoms with E-state index in [0.717, 1.165) is 0 Å². The predicted molar refractivity (Wildman–Crippen MR) is 79.6 cm³/mol. The fourth-order valence-corrected chi connectivity index (χ4v) is 1.50. The van der Waals surface area contributed by atoms with Gasteiger partial charge >= 0.3 is 5.97 Å². The van der Waals surface area contributed by atoms with Crippen LogP contribution >= 0.6 is 0 Å². The van der Waals surface area contributed by atoms with Crippen molar-refractivity contribution >= 4 is 12.4 Å². The third-order valence-corrected chi connectivity index (χ3v) is 2.52. The second-order valence-corrected chi connectivity index (χ2v) is 3.96.